The summed E-state index contributed by atoms with van der Waals surface area (Å²) in [4.78, 5) is 0. The first kappa shape index (κ1) is 17.9. The summed E-state index contributed by atoms with van der Waals surface area (Å²) in [6.45, 7) is 6.60. The highest BCUT2D eigenvalue weighted by Crippen LogP contribution is 2.30. The smallest absolute Gasteiger partial charge is 0.191 e. The maximum atomic E-state index is 11.8. The van der Waals surface area contributed by atoms with E-state index < -0.39 is 9.84 Å². The largest absolute Gasteiger partial charge is 0.317 e. The van der Waals surface area contributed by atoms with Crippen LogP contribution in [0, 0.1) is 5.92 Å². The molecule has 0 bridgehead atoms. The zero-order valence-electron chi connectivity index (χ0n) is 14.0. The van der Waals surface area contributed by atoms with Gasteiger partial charge >= 0.3 is 0 Å². The highest BCUT2D eigenvalue weighted by Gasteiger charge is 2.27. The number of aromatic nitrogens is 3. The molecule has 0 amide bonds. The molecular formula is C16H26N4O2S2. The minimum Gasteiger partial charge on any atom is -0.317 e. The second-order valence-electron chi connectivity index (χ2n) is 6.70. The number of sulfone groups is 1. The molecule has 1 unspecified atom stereocenters. The number of piperidine rings is 1. The number of nitrogens with zero attached hydrogens (tertiary/aromatic N) is 3. The average molecular weight is 371 g/mol. The van der Waals surface area contributed by atoms with Crippen molar-refractivity contribution in [3.05, 3.63) is 18.5 Å². The molecule has 8 heteroatoms. The van der Waals surface area contributed by atoms with Crippen LogP contribution >= 0.6 is 11.8 Å². The lowest BCUT2D eigenvalue weighted by Gasteiger charge is -2.23. The van der Waals surface area contributed by atoms with E-state index >= 15 is 0 Å². The van der Waals surface area contributed by atoms with Crippen LogP contribution in [0.2, 0.25) is 0 Å². The molecule has 24 heavy (non-hydrogen) atoms. The summed E-state index contributed by atoms with van der Waals surface area (Å²) in [6, 6.07) is 0. The van der Waals surface area contributed by atoms with E-state index in [9.17, 15) is 8.42 Å². The van der Waals surface area contributed by atoms with Crippen LogP contribution in [0.3, 0.4) is 0 Å². The Morgan fingerprint density at radius 2 is 2.08 bits per heavy atom. The van der Waals surface area contributed by atoms with Gasteiger partial charge in [-0.2, -0.15) is 0 Å². The second kappa shape index (κ2) is 8.01. The predicted octanol–water partition coefficient (Wildman–Crippen LogP) is 1.85. The molecule has 1 atom stereocenters. The summed E-state index contributed by atoms with van der Waals surface area (Å²) in [5.74, 6) is 3.18. The van der Waals surface area contributed by atoms with E-state index in [2.05, 4.69) is 26.7 Å². The molecule has 0 saturated carbocycles. The first-order valence-electron chi connectivity index (χ1n) is 8.67. The third kappa shape index (κ3) is 4.40. The summed E-state index contributed by atoms with van der Waals surface area (Å²) >= 11 is 1.64. The van der Waals surface area contributed by atoms with E-state index in [1.807, 2.05) is 6.08 Å². The van der Waals surface area contributed by atoms with Crippen LogP contribution in [0.15, 0.2) is 17.8 Å². The van der Waals surface area contributed by atoms with Gasteiger partial charge in [0.05, 0.1) is 11.5 Å². The van der Waals surface area contributed by atoms with Crippen molar-refractivity contribution in [1.29, 1.82) is 0 Å². The molecule has 3 heterocycles. The summed E-state index contributed by atoms with van der Waals surface area (Å²) < 4.78 is 25.7. The molecular weight excluding hydrogens is 344 g/mol. The predicted molar refractivity (Wildman–Crippen MR) is 97.2 cm³/mol. The molecule has 2 fully saturated rings. The molecule has 2 saturated heterocycles. The Morgan fingerprint density at radius 3 is 2.79 bits per heavy atom. The standard InChI is InChI=1S/C16H26N4O2S2/c1-2-9-20-15(14-5-7-17-8-6-14)18-19-16(20)23-11-13-4-3-10-24(21,22)12-13/h2,13-14,17H,1,3-12H2. The van der Waals surface area contributed by atoms with Gasteiger partial charge in [0.15, 0.2) is 15.0 Å². The van der Waals surface area contributed by atoms with Gasteiger partial charge in [0.2, 0.25) is 0 Å². The third-order valence-electron chi connectivity index (χ3n) is 4.77. The van der Waals surface area contributed by atoms with Gasteiger partial charge in [0, 0.05) is 18.2 Å². The number of hydrogen-bond acceptors (Lipinski definition) is 6. The van der Waals surface area contributed by atoms with Gasteiger partial charge in [-0.3, -0.25) is 0 Å². The lowest BCUT2D eigenvalue weighted by Crippen LogP contribution is -2.28. The van der Waals surface area contributed by atoms with Crippen LogP contribution in [-0.4, -0.2) is 53.5 Å². The van der Waals surface area contributed by atoms with Crippen molar-refractivity contribution in [1.82, 2.24) is 20.1 Å². The molecule has 0 aromatic carbocycles. The SMILES string of the molecule is C=CCn1c(SCC2CCCS(=O)(=O)C2)nnc1C1CCNCC1. The Bertz CT molecular complexity index is 666. The van der Waals surface area contributed by atoms with E-state index in [0.717, 1.165) is 55.5 Å². The van der Waals surface area contributed by atoms with E-state index in [1.54, 1.807) is 11.8 Å². The van der Waals surface area contributed by atoms with Crippen LogP contribution in [0.5, 0.6) is 0 Å². The van der Waals surface area contributed by atoms with Crippen molar-refractivity contribution >= 4 is 21.6 Å². The fourth-order valence-corrected chi connectivity index (χ4v) is 6.55. The van der Waals surface area contributed by atoms with Gasteiger partial charge in [0.25, 0.3) is 0 Å². The Labute approximate surface area is 148 Å². The monoisotopic (exact) mass is 370 g/mol. The number of nitrogens with one attached hydrogen (secondary N) is 1. The van der Waals surface area contributed by atoms with Gasteiger partial charge in [-0.05, 0) is 44.7 Å². The minimum absolute atomic E-state index is 0.227. The maximum Gasteiger partial charge on any atom is 0.191 e. The molecule has 0 aliphatic carbocycles. The third-order valence-corrected chi connectivity index (χ3v) is 7.86. The topological polar surface area (TPSA) is 76.9 Å². The fraction of sp³-hybridized carbons (Fsp3) is 0.750. The van der Waals surface area contributed by atoms with Gasteiger partial charge < -0.3 is 9.88 Å². The Kier molecular flexibility index (Phi) is 5.99. The molecule has 2 aliphatic rings. The summed E-state index contributed by atoms with van der Waals surface area (Å²) in [5, 5.41) is 13.1. The van der Waals surface area contributed by atoms with Gasteiger partial charge in [-0.15, -0.1) is 16.8 Å². The van der Waals surface area contributed by atoms with Crippen molar-refractivity contribution in [2.75, 3.05) is 30.3 Å². The highest BCUT2D eigenvalue weighted by atomic mass is 32.2. The Hall–Kier alpha value is -0.860. The average Bonchev–Trinajstić information content (AvgIpc) is 2.96. The van der Waals surface area contributed by atoms with Crippen LogP contribution in [0.25, 0.3) is 0 Å². The van der Waals surface area contributed by atoms with E-state index in [0.29, 0.717) is 24.0 Å². The van der Waals surface area contributed by atoms with Gasteiger partial charge in [-0.1, -0.05) is 17.8 Å². The molecule has 6 nitrogen and oxygen atoms in total. The highest BCUT2D eigenvalue weighted by molar-refractivity contribution is 7.99. The molecule has 0 spiro atoms. The summed E-state index contributed by atoms with van der Waals surface area (Å²) in [6.07, 6.45) is 5.82. The summed E-state index contributed by atoms with van der Waals surface area (Å²) in [7, 11) is -2.85. The molecule has 0 radical (unpaired) electrons. The van der Waals surface area contributed by atoms with Crippen LogP contribution in [0.1, 0.15) is 37.4 Å². The van der Waals surface area contributed by atoms with Crippen LogP contribution < -0.4 is 5.32 Å². The molecule has 1 N–H and O–H groups in total. The minimum atomic E-state index is -2.85. The lowest BCUT2D eigenvalue weighted by atomic mass is 9.97. The zero-order chi connectivity index (χ0) is 17.0. The van der Waals surface area contributed by atoms with Gasteiger partial charge in [-0.25, -0.2) is 8.42 Å². The van der Waals surface area contributed by atoms with Crippen molar-refractivity contribution in [3.63, 3.8) is 0 Å². The first-order valence-corrected chi connectivity index (χ1v) is 11.5. The summed E-state index contributed by atoms with van der Waals surface area (Å²) in [5.41, 5.74) is 0. The molecule has 1 aromatic rings. The maximum absolute atomic E-state index is 11.8. The molecule has 2 aliphatic heterocycles. The lowest BCUT2D eigenvalue weighted by molar-refractivity contribution is 0.431. The van der Waals surface area contributed by atoms with Crippen molar-refractivity contribution in [3.8, 4) is 0 Å². The quantitative estimate of drug-likeness (QED) is 0.608. The number of rotatable bonds is 6. The number of hydrogen-bond donors (Lipinski definition) is 1. The van der Waals surface area contributed by atoms with E-state index in [1.165, 1.54) is 0 Å². The van der Waals surface area contributed by atoms with E-state index in [4.69, 9.17) is 0 Å². The van der Waals surface area contributed by atoms with Crippen molar-refractivity contribution in [2.24, 2.45) is 5.92 Å². The zero-order valence-corrected chi connectivity index (χ0v) is 15.6. The van der Waals surface area contributed by atoms with Crippen LogP contribution in [-0.2, 0) is 16.4 Å². The molecule has 3 rings (SSSR count). The van der Waals surface area contributed by atoms with Crippen molar-refractivity contribution in [2.45, 2.75) is 43.3 Å². The molecule has 134 valence electrons. The Morgan fingerprint density at radius 1 is 1.29 bits per heavy atom. The second-order valence-corrected chi connectivity index (χ2v) is 9.91. The van der Waals surface area contributed by atoms with Crippen molar-refractivity contribution < 1.29 is 8.42 Å². The van der Waals surface area contributed by atoms with Gasteiger partial charge in [0.1, 0.15) is 5.82 Å². The number of allylic oxidation sites excluding steroid dienone is 1. The van der Waals surface area contributed by atoms with E-state index in [-0.39, 0.29) is 5.92 Å². The first-order chi connectivity index (χ1) is 11.6. The number of thioether (sulfide) groups is 1. The normalized spacial score (nSPS) is 24.8. The molecule has 1 aromatic heterocycles. The Balaban J connectivity index is 1.68. The van der Waals surface area contributed by atoms with Crippen LogP contribution in [0.4, 0.5) is 0 Å². The fourth-order valence-electron chi connectivity index (χ4n) is 3.53.